The fraction of sp³-hybridized carbons (Fsp3) is 0. The largest absolute Gasteiger partial charge is 0.321 e. The molecule has 0 unspecified atom stereocenters. The predicted molar refractivity (Wildman–Crippen MR) is 110 cm³/mol. The lowest BCUT2D eigenvalue weighted by Crippen LogP contribution is -2.18. The molecular formula is C22H13ClFN3O2. The van der Waals surface area contributed by atoms with E-state index in [1.165, 1.54) is 24.4 Å². The molecule has 5 nitrogen and oxygen atoms in total. The van der Waals surface area contributed by atoms with E-state index in [1.54, 1.807) is 42.6 Å². The van der Waals surface area contributed by atoms with Crippen LogP contribution in [0.4, 0.5) is 4.39 Å². The number of hydrogen-bond donors (Lipinski definition) is 1. The zero-order chi connectivity index (χ0) is 20.4. The minimum Gasteiger partial charge on any atom is -0.321 e. The second-order valence-electron chi connectivity index (χ2n) is 6.24. The Morgan fingerprint density at radius 1 is 1.14 bits per heavy atom. The van der Waals surface area contributed by atoms with E-state index >= 15 is 0 Å². The van der Waals surface area contributed by atoms with E-state index in [2.05, 4.69) is 15.0 Å². The van der Waals surface area contributed by atoms with Gasteiger partial charge in [0.1, 0.15) is 5.82 Å². The van der Waals surface area contributed by atoms with E-state index in [0.29, 0.717) is 27.2 Å². The van der Waals surface area contributed by atoms with Gasteiger partial charge in [-0.25, -0.2) is 4.39 Å². The van der Waals surface area contributed by atoms with Gasteiger partial charge in [-0.1, -0.05) is 17.7 Å². The maximum atomic E-state index is 13.9. The van der Waals surface area contributed by atoms with E-state index < -0.39 is 17.2 Å². The molecule has 29 heavy (non-hydrogen) atoms. The summed E-state index contributed by atoms with van der Waals surface area (Å²) in [5.74, 6) is -1.13. The summed E-state index contributed by atoms with van der Waals surface area (Å²) in [4.78, 5) is 36.4. The van der Waals surface area contributed by atoms with Crippen LogP contribution < -0.4 is 5.56 Å². The average molecular weight is 406 g/mol. The van der Waals surface area contributed by atoms with Crippen LogP contribution in [0.2, 0.25) is 5.02 Å². The molecule has 3 aromatic heterocycles. The summed E-state index contributed by atoms with van der Waals surface area (Å²) < 4.78 is 13.9. The number of carbonyl (C=O) groups is 1. The number of carbonyl (C=O) groups excluding carboxylic acids is 1. The molecule has 0 amide bonds. The molecule has 1 aromatic carbocycles. The van der Waals surface area contributed by atoms with Gasteiger partial charge in [0.25, 0.3) is 5.56 Å². The van der Waals surface area contributed by atoms with Crippen molar-refractivity contribution < 1.29 is 9.18 Å². The third-order valence-electron chi connectivity index (χ3n) is 4.31. The van der Waals surface area contributed by atoms with Crippen LogP contribution in [0.15, 0.2) is 71.9 Å². The lowest BCUT2D eigenvalue weighted by Gasteiger charge is -2.11. The van der Waals surface area contributed by atoms with Gasteiger partial charge in [0.15, 0.2) is 5.78 Å². The topological polar surface area (TPSA) is 75.7 Å². The van der Waals surface area contributed by atoms with Crippen LogP contribution in [-0.2, 0) is 0 Å². The molecule has 0 saturated heterocycles. The van der Waals surface area contributed by atoms with Gasteiger partial charge >= 0.3 is 0 Å². The smallest absolute Gasteiger partial charge is 0.260 e. The molecule has 0 fully saturated rings. The number of hydrogen-bond acceptors (Lipinski definition) is 4. The highest BCUT2D eigenvalue weighted by Crippen LogP contribution is 2.31. The van der Waals surface area contributed by atoms with Crippen molar-refractivity contribution in [3.05, 3.63) is 99.6 Å². The van der Waals surface area contributed by atoms with Crippen LogP contribution in [0.3, 0.4) is 0 Å². The Balaban J connectivity index is 1.96. The van der Waals surface area contributed by atoms with Crippen molar-refractivity contribution in [2.75, 3.05) is 0 Å². The summed E-state index contributed by atoms with van der Waals surface area (Å²) in [6.07, 6.45) is 6.82. The van der Waals surface area contributed by atoms with Gasteiger partial charge in [-0.3, -0.25) is 19.6 Å². The Morgan fingerprint density at radius 2 is 2.00 bits per heavy atom. The maximum absolute atomic E-state index is 13.9. The number of aromatic amines is 1. The first kappa shape index (κ1) is 18.7. The molecule has 0 bridgehead atoms. The van der Waals surface area contributed by atoms with Gasteiger partial charge in [-0.15, -0.1) is 0 Å². The Labute approximate surface area is 169 Å². The third-order valence-corrected chi connectivity index (χ3v) is 4.54. The van der Waals surface area contributed by atoms with Crippen molar-refractivity contribution in [2.45, 2.75) is 0 Å². The molecule has 3 heterocycles. The molecule has 7 heteroatoms. The second kappa shape index (κ2) is 7.77. The first-order valence-corrected chi connectivity index (χ1v) is 9.00. The van der Waals surface area contributed by atoms with E-state index in [4.69, 9.17) is 11.6 Å². The summed E-state index contributed by atoms with van der Waals surface area (Å²) in [6, 6.07) is 11.4. The van der Waals surface area contributed by atoms with E-state index in [1.807, 2.05) is 0 Å². The van der Waals surface area contributed by atoms with Gasteiger partial charge in [-0.05, 0) is 48.6 Å². The number of nitrogens with one attached hydrogen (secondary N) is 1. The van der Waals surface area contributed by atoms with Crippen LogP contribution >= 0.6 is 11.6 Å². The molecule has 4 rings (SSSR count). The summed E-state index contributed by atoms with van der Waals surface area (Å²) in [5.41, 5.74) is 0.903. The fourth-order valence-corrected chi connectivity index (χ4v) is 3.24. The molecule has 142 valence electrons. The van der Waals surface area contributed by atoms with Crippen LogP contribution in [0, 0.1) is 5.82 Å². The number of ketones is 1. The lowest BCUT2D eigenvalue weighted by molar-refractivity contribution is 0.104. The van der Waals surface area contributed by atoms with Crippen molar-refractivity contribution in [1.29, 1.82) is 0 Å². The van der Waals surface area contributed by atoms with Crippen molar-refractivity contribution in [2.24, 2.45) is 0 Å². The number of pyridine rings is 3. The molecule has 0 spiro atoms. The van der Waals surface area contributed by atoms with Gasteiger partial charge in [0.2, 0.25) is 0 Å². The summed E-state index contributed by atoms with van der Waals surface area (Å²) >= 11 is 6.13. The highest BCUT2D eigenvalue weighted by molar-refractivity contribution is 6.31. The Morgan fingerprint density at radius 3 is 2.76 bits per heavy atom. The molecule has 4 aromatic rings. The highest BCUT2D eigenvalue weighted by Gasteiger charge is 2.20. The number of benzene rings is 1. The SMILES string of the molecule is O=C(/C=C/c1ccccn1)c1c(-c2cncc(F)c2)c2cc(Cl)ccc2[nH]c1=O. The van der Waals surface area contributed by atoms with Gasteiger partial charge in [0, 0.05) is 39.4 Å². The first-order chi connectivity index (χ1) is 14.0. The number of nitrogens with zero attached hydrogens (tertiary/aromatic N) is 2. The maximum Gasteiger partial charge on any atom is 0.260 e. The average Bonchev–Trinajstić information content (AvgIpc) is 2.72. The summed E-state index contributed by atoms with van der Waals surface area (Å²) in [6.45, 7) is 0. The van der Waals surface area contributed by atoms with Crippen LogP contribution in [0.5, 0.6) is 0 Å². The number of halogens is 2. The number of rotatable bonds is 4. The standard InChI is InChI=1S/C22H13ClFN3O2/c23-14-4-6-18-17(10-14)20(13-9-15(24)12-25-11-13)21(22(29)27-18)19(28)7-5-16-3-1-2-8-26-16/h1-12H,(H,27,29)/b7-5+. The second-order valence-corrected chi connectivity index (χ2v) is 6.67. The van der Waals surface area contributed by atoms with Crippen molar-refractivity contribution >= 4 is 34.4 Å². The molecule has 0 aliphatic heterocycles. The highest BCUT2D eigenvalue weighted by atomic mass is 35.5. The Kier molecular flexibility index (Phi) is 5.01. The lowest BCUT2D eigenvalue weighted by atomic mass is 9.95. The molecule has 0 radical (unpaired) electrons. The zero-order valence-corrected chi connectivity index (χ0v) is 15.7. The summed E-state index contributed by atoms with van der Waals surface area (Å²) in [7, 11) is 0. The molecule has 0 saturated carbocycles. The van der Waals surface area contributed by atoms with E-state index in [9.17, 15) is 14.0 Å². The molecule has 0 atom stereocenters. The van der Waals surface area contributed by atoms with E-state index in [0.717, 1.165) is 6.20 Å². The minimum absolute atomic E-state index is 0.126. The molecule has 0 aliphatic rings. The summed E-state index contributed by atoms with van der Waals surface area (Å²) in [5, 5.41) is 0.927. The van der Waals surface area contributed by atoms with Crippen molar-refractivity contribution in [3.63, 3.8) is 0 Å². The molecule has 1 N–H and O–H groups in total. The zero-order valence-electron chi connectivity index (χ0n) is 14.9. The Bertz CT molecular complexity index is 1320. The first-order valence-electron chi connectivity index (χ1n) is 8.63. The fourth-order valence-electron chi connectivity index (χ4n) is 3.07. The molecule has 0 aliphatic carbocycles. The Hall–Kier alpha value is -3.64. The van der Waals surface area contributed by atoms with E-state index in [-0.39, 0.29) is 11.1 Å². The van der Waals surface area contributed by atoms with Crippen molar-refractivity contribution in [3.8, 4) is 11.1 Å². The van der Waals surface area contributed by atoms with Crippen LogP contribution in [0.1, 0.15) is 16.1 Å². The van der Waals surface area contributed by atoms with Crippen molar-refractivity contribution in [1.82, 2.24) is 15.0 Å². The molecular weight excluding hydrogens is 393 g/mol. The normalized spacial score (nSPS) is 11.2. The minimum atomic E-state index is -0.588. The number of H-pyrrole nitrogens is 1. The third kappa shape index (κ3) is 3.83. The van der Waals surface area contributed by atoms with Gasteiger partial charge in [0.05, 0.1) is 17.5 Å². The predicted octanol–water partition coefficient (Wildman–Crippen LogP) is 4.67. The van der Waals surface area contributed by atoms with Gasteiger partial charge in [-0.2, -0.15) is 0 Å². The van der Waals surface area contributed by atoms with Gasteiger partial charge < -0.3 is 4.98 Å². The number of allylic oxidation sites excluding steroid dienone is 1. The number of aromatic nitrogens is 3. The monoisotopic (exact) mass is 405 g/mol. The van der Waals surface area contributed by atoms with Crippen LogP contribution in [0.25, 0.3) is 28.1 Å². The van der Waals surface area contributed by atoms with Crippen LogP contribution in [-0.4, -0.2) is 20.7 Å². The number of fused-ring (bicyclic) bond motifs is 1. The quantitative estimate of drug-likeness (QED) is 0.395.